The number of allylic oxidation sites excluding steroid dienone is 4. The van der Waals surface area contributed by atoms with E-state index >= 15 is 0 Å². The summed E-state index contributed by atoms with van der Waals surface area (Å²) < 4.78 is 0. The molecule has 0 radical (unpaired) electrons. The van der Waals surface area contributed by atoms with Gasteiger partial charge < -0.3 is 4.84 Å². The number of ketones is 1. The van der Waals surface area contributed by atoms with Crippen molar-refractivity contribution in [3.8, 4) is 11.8 Å². The molecule has 0 saturated heterocycles. The lowest BCUT2D eigenvalue weighted by atomic mass is 9.52. The topological polar surface area (TPSA) is 38.7 Å². The van der Waals surface area contributed by atoms with Crippen molar-refractivity contribution in [2.24, 2.45) is 28.3 Å². The van der Waals surface area contributed by atoms with Crippen LogP contribution in [0, 0.1) is 35.0 Å². The van der Waals surface area contributed by atoms with Gasteiger partial charge in [0.05, 0.1) is 0 Å². The van der Waals surface area contributed by atoms with E-state index in [1.54, 1.807) is 5.57 Å². The molecule has 0 heterocycles. The van der Waals surface area contributed by atoms with Gasteiger partial charge in [-0.25, -0.2) is 0 Å². The monoisotopic (exact) mass is 441 g/mol. The van der Waals surface area contributed by atoms with E-state index in [0.29, 0.717) is 36.1 Å². The highest BCUT2D eigenvalue weighted by Gasteiger charge is 2.55. The highest BCUT2D eigenvalue weighted by molar-refractivity contribution is 5.93. The van der Waals surface area contributed by atoms with Crippen molar-refractivity contribution < 1.29 is 9.63 Å². The van der Waals surface area contributed by atoms with Gasteiger partial charge in [-0.1, -0.05) is 42.6 Å². The smallest absolute Gasteiger partial charge is 0.156 e. The van der Waals surface area contributed by atoms with Crippen molar-refractivity contribution in [2.45, 2.75) is 71.6 Å². The number of carbonyl (C=O) groups excluding carboxylic acids is 1. The molecular formula is C30H35NO2. The van der Waals surface area contributed by atoms with E-state index in [-0.39, 0.29) is 0 Å². The van der Waals surface area contributed by atoms with Gasteiger partial charge >= 0.3 is 0 Å². The summed E-state index contributed by atoms with van der Waals surface area (Å²) in [7, 11) is 0. The van der Waals surface area contributed by atoms with Gasteiger partial charge in [0.15, 0.2) is 5.78 Å². The second kappa shape index (κ2) is 8.98. The molecule has 0 amide bonds. The lowest BCUT2D eigenvalue weighted by Crippen LogP contribution is -2.42. The van der Waals surface area contributed by atoms with Crippen LogP contribution in [0.5, 0.6) is 0 Å². The second-order valence-electron chi connectivity index (χ2n) is 10.6. The summed E-state index contributed by atoms with van der Waals surface area (Å²) in [6.45, 7) is 7.50. The zero-order chi connectivity index (χ0) is 23.0. The lowest BCUT2D eigenvalue weighted by Gasteiger charge is -2.52. The zero-order valence-electron chi connectivity index (χ0n) is 20.2. The molecule has 5 atom stereocenters. The number of benzene rings is 1. The van der Waals surface area contributed by atoms with Crippen LogP contribution in [-0.2, 0) is 9.63 Å². The van der Waals surface area contributed by atoms with Crippen LogP contribution < -0.4 is 0 Å². The van der Waals surface area contributed by atoms with Gasteiger partial charge in [-0.3, -0.25) is 4.79 Å². The Kier molecular flexibility index (Phi) is 6.04. The van der Waals surface area contributed by atoms with Gasteiger partial charge in [-0.15, -0.1) is 0 Å². The number of carbonyl (C=O) groups is 1. The molecule has 0 aromatic heterocycles. The van der Waals surface area contributed by atoms with Crippen LogP contribution >= 0.6 is 0 Å². The molecule has 5 rings (SSSR count). The summed E-state index contributed by atoms with van der Waals surface area (Å²) in [5.41, 5.74) is 7.37. The molecule has 0 aliphatic heterocycles. The SMILES string of the molecule is CCON=CC#Cc1ccc(C2CC3(C)C(C)CCC3C3CCC4=CC(=O)CCC4=C23)cc1. The minimum Gasteiger partial charge on any atom is -0.396 e. The van der Waals surface area contributed by atoms with Crippen molar-refractivity contribution in [1.29, 1.82) is 0 Å². The summed E-state index contributed by atoms with van der Waals surface area (Å²) in [6.07, 6.45) is 11.3. The number of nitrogens with zero attached hydrogens (tertiary/aromatic N) is 1. The number of hydrogen-bond acceptors (Lipinski definition) is 3. The molecule has 0 N–H and O–H groups in total. The van der Waals surface area contributed by atoms with Gasteiger partial charge in [-0.2, -0.15) is 0 Å². The van der Waals surface area contributed by atoms with Crippen LogP contribution in [-0.4, -0.2) is 18.6 Å². The maximum atomic E-state index is 12.2. The largest absolute Gasteiger partial charge is 0.396 e. The Morgan fingerprint density at radius 3 is 2.76 bits per heavy atom. The summed E-state index contributed by atoms with van der Waals surface area (Å²) in [5.74, 6) is 9.11. The molecule has 2 fully saturated rings. The summed E-state index contributed by atoms with van der Waals surface area (Å²) in [6, 6.07) is 8.86. The molecule has 3 heteroatoms. The van der Waals surface area contributed by atoms with Crippen LogP contribution in [0.2, 0.25) is 0 Å². The van der Waals surface area contributed by atoms with Crippen LogP contribution in [0.4, 0.5) is 0 Å². The fourth-order valence-corrected chi connectivity index (χ4v) is 7.26. The first-order valence-corrected chi connectivity index (χ1v) is 12.7. The highest BCUT2D eigenvalue weighted by atomic mass is 16.6. The Hall–Kier alpha value is -2.60. The Morgan fingerprint density at radius 1 is 1.15 bits per heavy atom. The van der Waals surface area contributed by atoms with Gasteiger partial charge in [0.25, 0.3) is 0 Å². The molecule has 1 aromatic rings. The highest BCUT2D eigenvalue weighted by Crippen LogP contribution is 2.65. The van der Waals surface area contributed by atoms with E-state index in [1.807, 2.05) is 13.0 Å². The normalized spacial score (nSPS) is 33.1. The molecule has 33 heavy (non-hydrogen) atoms. The third kappa shape index (κ3) is 3.99. The summed E-state index contributed by atoms with van der Waals surface area (Å²) in [4.78, 5) is 17.1. The first-order valence-electron chi connectivity index (χ1n) is 12.7. The third-order valence-electron chi connectivity index (χ3n) is 9.06. The van der Waals surface area contributed by atoms with Crippen molar-refractivity contribution in [3.05, 3.63) is 58.2 Å². The molecule has 3 nitrogen and oxygen atoms in total. The van der Waals surface area contributed by atoms with Gasteiger partial charge in [-0.05, 0) is 109 Å². The van der Waals surface area contributed by atoms with E-state index in [4.69, 9.17) is 4.84 Å². The van der Waals surface area contributed by atoms with E-state index in [9.17, 15) is 4.79 Å². The fraction of sp³-hybridized carbons (Fsp3) is 0.533. The lowest BCUT2D eigenvalue weighted by molar-refractivity contribution is -0.114. The minimum absolute atomic E-state index is 0.315. The molecule has 2 saturated carbocycles. The first-order chi connectivity index (χ1) is 16.0. The first kappa shape index (κ1) is 22.2. The van der Waals surface area contributed by atoms with Crippen molar-refractivity contribution in [1.82, 2.24) is 0 Å². The Bertz CT molecular complexity index is 1080. The predicted molar refractivity (Wildman–Crippen MR) is 133 cm³/mol. The van der Waals surface area contributed by atoms with Crippen molar-refractivity contribution in [2.75, 3.05) is 6.61 Å². The molecule has 0 bridgehead atoms. The van der Waals surface area contributed by atoms with Crippen LogP contribution in [0.15, 0.2) is 52.2 Å². The Morgan fingerprint density at radius 2 is 1.97 bits per heavy atom. The number of fused-ring (bicyclic) bond motifs is 4. The fourth-order valence-electron chi connectivity index (χ4n) is 7.26. The third-order valence-corrected chi connectivity index (χ3v) is 9.06. The molecular weight excluding hydrogens is 406 g/mol. The van der Waals surface area contributed by atoms with Gasteiger partial charge in [0, 0.05) is 17.9 Å². The zero-order valence-corrected chi connectivity index (χ0v) is 20.2. The molecule has 5 unspecified atom stereocenters. The van der Waals surface area contributed by atoms with Crippen molar-refractivity contribution >= 4 is 12.0 Å². The summed E-state index contributed by atoms with van der Waals surface area (Å²) in [5, 5.41) is 3.80. The maximum Gasteiger partial charge on any atom is 0.156 e. The van der Waals surface area contributed by atoms with E-state index in [0.717, 1.165) is 30.2 Å². The average molecular weight is 442 g/mol. The maximum absolute atomic E-state index is 12.2. The Balaban J connectivity index is 1.52. The standard InChI is InChI=1S/C30H35NO2/c1-4-33-31-17-5-6-21-8-10-22(11-9-21)27-19-30(3)20(2)7-16-28(30)26-14-12-23-18-24(32)13-15-25(23)29(26)27/h8-11,17-18,20,26-28H,4,7,12-16,19H2,1-3H3. The second-order valence-corrected chi connectivity index (χ2v) is 10.6. The predicted octanol–water partition coefficient (Wildman–Crippen LogP) is 6.60. The summed E-state index contributed by atoms with van der Waals surface area (Å²) >= 11 is 0. The molecule has 4 aliphatic rings. The molecule has 4 aliphatic carbocycles. The molecule has 1 aromatic carbocycles. The quantitative estimate of drug-likeness (QED) is 0.301. The van der Waals surface area contributed by atoms with Crippen molar-refractivity contribution in [3.63, 3.8) is 0 Å². The van der Waals surface area contributed by atoms with Crippen LogP contribution in [0.1, 0.15) is 82.8 Å². The van der Waals surface area contributed by atoms with Gasteiger partial charge in [0.2, 0.25) is 0 Å². The van der Waals surface area contributed by atoms with Crippen LogP contribution in [0.3, 0.4) is 0 Å². The average Bonchev–Trinajstić information content (AvgIpc) is 3.12. The minimum atomic E-state index is 0.315. The van der Waals surface area contributed by atoms with Gasteiger partial charge in [0.1, 0.15) is 12.8 Å². The molecule has 172 valence electrons. The Labute approximate surface area is 198 Å². The van der Waals surface area contributed by atoms with E-state index in [2.05, 4.69) is 55.1 Å². The number of oxime groups is 1. The molecule has 0 spiro atoms. The number of hydrogen-bond donors (Lipinski definition) is 0. The number of rotatable bonds is 3. The van der Waals surface area contributed by atoms with E-state index < -0.39 is 0 Å². The van der Waals surface area contributed by atoms with E-state index in [1.165, 1.54) is 48.6 Å². The van der Waals surface area contributed by atoms with Crippen LogP contribution in [0.25, 0.3) is 0 Å².